The summed E-state index contributed by atoms with van der Waals surface area (Å²) < 4.78 is 15.6. The van der Waals surface area contributed by atoms with Crippen LogP contribution in [0.2, 0.25) is 0 Å². The van der Waals surface area contributed by atoms with Crippen molar-refractivity contribution in [1.82, 2.24) is 5.32 Å². The SMILES string of the molecule is CCOC(=O)C(Cc1ccc(N2CCOCC2)cc1)(NC)C(=O)OCC. The molecule has 0 bridgehead atoms. The molecule has 1 aliphatic heterocycles. The summed E-state index contributed by atoms with van der Waals surface area (Å²) >= 11 is 0. The number of nitrogens with zero attached hydrogens (tertiary/aromatic N) is 1. The lowest BCUT2D eigenvalue weighted by atomic mass is 9.90. The zero-order chi connectivity index (χ0) is 19.0. The Morgan fingerprint density at radius 2 is 1.62 bits per heavy atom. The molecule has 0 unspecified atom stereocenters. The molecular weight excluding hydrogens is 336 g/mol. The van der Waals surface area contributed by atoms with Crippen LogP contribution in [0.15, 0.2) is 24.3 Å². The van der Waals surface area contributed by atoms with Gasteiger partial charge >= 0.3 is 11.9 Å². The van der Waals surface area contributed by atoms with E-state index in [1.165, 1.54) is 0 Å². The van der Waals surface area contributed by atoms with Gasteiger partial charge in [0, 0.05) is 25.2 Å². The number of anilines is 1. The summed E-state index contributed by atoms with van der Waals surface area (Å²) in [5, 5.41) is 2.84. The predicted octanol–water partition coefficient (Wildman–Crippen LogP) is 1.15. The average Bonchev–Trinajstić information content (AvgIpc) is 2.67. The molecule has 7 heteroatoms. The number of esters is 2. The number of likely N-dealkylation sites (N-methyl/N-ethyl adjacent to an activating group) is 1. The smallest absolute Gasteiger partial charge is 0.338 e. The molecule has 0 aliphatic carbocycles. The van der Waals surface area contributed by atoms with E-state index in [1.54, 1.807) is 20.9 Å². The monoisotopic (exact) mass is 364 g/mol. The number of rotatable bonds is 8. The lowest BCUT2D eigenvalue weighted by Gasteiger charge is -2.30. The minimum atomic E-state index is -1.55. The van der Waals surface area contributed by atoms with Crippen molar-refractivity contribution in [2.75, 3.05) is 51.5 Å². The van der Waals surface area contributed by atoms with Gasteiger partial charge in [-0.2, -0.15) is 0 Å². The van der Waals surface area contributed by atoms with Gasteiger partial charge in [-0.15, -0.1) is 0 Å². The third-order valence-corrected chi connectivity index (χ3v) is 4.46. The van der Waals surface area contributed by atoms with Crippen LogP contribution in [0.3, 0.4) is 0 Å². The molecule has 0 saturated carbocycles. The molecule has 1 N–H and O–H groups in total. The first kappa shape index (κ1) is 20.2. The van der Waals surface area contributed by atoms with Crippen LogP contribution in [0.4, 0.5) is 5.69 Å². The number of carbonyl (C=O) groups is 2. The summed E-state index contributed by atoms with van der Waals surface area (Å²) in [4.78, 5) is 27.3. The second-order valence-electron chi connectivity index (χ2n) is 6.04. The molecule has 0 radical (unpaired) electrons. The predicted molar refractivity (Wildman–Crippen MR) is 98.2 cm³/mol. The van der Waals surface area contributed by atoms with Gasteiger partial charge in [0.2, 0.25) is 5.54 Å². The Balaban J connectivity index is 2.21. The van der Waals surface area contributed by atoms with E-state index in [0.717, 1.165) is 37.6 Å². The van der Waals surface area contributed by atoms with Crippen molar-refractivity contribution in [3.8, 4) is 0 Å². The van der Waals surface area contributed by atoms with E-state index in [0.29, 0.717) is 0 Å². The molecule has 1 saturated heterocycles. The van der Waals surface area contributed by atoms with Crippen LogP contribution in [0, 0.1) is 0 Å². The van der Waals surface area contributed by atoms with E-state index in [4.69, 9.17) is 14.2 Å². The molecule has 1 aromatic carbocycles. The van der Waals surface area contributed by atoms with Gasteiger partial charge in [0.05, 0.1) is 26.4 Å². The highest BCUT2D eigenvalue weighted by Gasteiger charge is 2.47. The maximum Gasteiger partial charge on any atom is 0.338 e. The number of morpholine rings is 1. The van der Waals surface area contributed by atoms with Crippen molar-refractivity contribution in [3.63, 3.8) is 0 Å². The van der Waals surface area contributed by atoms with Gasteiger partial charge in [-0.25, -0.2) is 9.59 Å². The minimum absolute atomic E-state index is 0.157. The molecule has 2 rings (SSSR count). The first-order chi connectivity index (χ1) is 12.6. The third kappa shape index (κ3) is 4.53. The molecular formula is C19H28N2O5. The topological polar surface area (TPSA) is 77.1 Å². The van der Waals surface area contributed by atoms with Gasteiger partial charge in [-0.1, -0.05) is 12.1 Å². The Hall–Kier alpha value is -2.12. The number of carbonyl (C=O) groups excluding carboxylic acids is 2. The Morgan fingerprint density at radius 3 is 2.08 bits per heavy atom. The number of hydrogen-bond donors (Lipinski definition) is 1. The fourth-order valence-corrected chi connectivity index (χ4v) is 2.98. The number of nitrogens with one attached hydrogen (secondary N) is 1. The molecule has 7 nitrogen and oxygen atoms in total. The standard InChI is InChI=1S/C19H28N2O5/c1-4-25-17(22)19(20-3,18(23)26-5-2)14-15-6-8-16(9-7-15)21-10-12-24-13-11-21/h6-9,20H,4-5,10-14H2,1-3H3. The lowest BCUT2D eigenvalue weighted by Crippen LogP contribution is -2.60. The van der Waals surface area contributed by atoms with Crippen LogP contribution in [-0.2, 0) is 30.2 Å². The highest BCUT2D eigenvalue weighted by molar-refractivity contribution is 6.05. The highest BCUT2D eigenvalue weighted by Crippen LogP contribution is 2.22. The van der Waals surface area contributed by atoms with Crippen molar-refractivity contribution in [3.05, 3.63) is 29.8 Å². The van der Waals surface area contributed by atoms with E-state index >= 15 is 0 Å². The number of hydrogen-bond acceptors (Lipinski definition) is 7. The zero-order valence-corrected chi connectivity index (χ0v) is 15.7. The Labute approximate surface area is 154 Å². The van der Waals surface area contributed by atoms with Crippen LogP contribution < -0.4 is 10.2 Å². The number of ether oxygens (including phenoxy) is 3. The second kappa shape index (κ2) is 9.54. The fraction of sp³-hybridized carbons (Fsp3) is 0.579. The number of benzene rings is 1. The lowest BCUT2D eigenvalue weighted by molar-refractivity contribution is -0.165. The van der Waals surface area contributed by atoms with Gasteiger partial charge < -0.3 is 19.1 Å². The largest absolute Gasteiger partial charge is 0.464 e. The van der Waals surface area contributed by atoms with E-state index in [-0.39, 0.29) is 19.6 Å². The second-order valence-corrected chi connectivity index (χ2v) is 6.04. The molecule has 0 spiro atoms. The van der Waals surface area contributed by atoms with Crippen LogP contribution in [-0.4, -0.2) is 64.0 Å². The third-order valence-electron chi connectivity index (χ3n) is 4.46. The van der Waals surface area contributed by atoms with Crippen molar-refractivity contribution >= 4 is 17.6 Å². The fourth-order valence-electron chi connectivity index (χ4n) is 2.98. The molecule has 1 heterocycles. The summed E-state index contributed by atoms with van der Waals surface area (Å²) in [6.07, 6.45) is 0.157. The highest BCUT2D eigenvalue weighted by atomic mass is 16.6. The molecule has 0 aromatic heterocycles. The normalized spacial score (nSPS) is 14.8. The van der Waals surface area contributed by atoms with Gasteiger partial charge in [0.15, 0.2) is 0 Å². The maximum atomic E-state index is 12.5. The molecule has 144 valence electrons. The summed E-state index contributed by atoms with van der Waals surface area (Å²) in [5.74, 6) is -1.25. The van der Waals surface area contributed by atoms with Crippen molar-refractivity contribution in [2.24, 2.45) is 0 Å². The van der Waals surface area contributed by atoms with Crippen molar-refractivity contribution < 1.29 is 23.8 Å². The zero-order valence-electron chi connectivity index (χ0n) is 15.7. The van der Waals surface area contributed by atoms with E-state index in [1.807, 2.05) is 24.3 Å². The van der Waals surface area contributed by atoms with Gasteiger partial charge in [-0.3, -0.25) is 5.32 Å². The van der Waals surface area contributed by atoms with Gasteiger partial charge in [0.25, 0.3) is 0 Å². The van der Waals surface area contributed by atoms with Gasteiger partial charge in [0.1, 0.15) is 0 Å². The average molecular weight is 364 g/mol. The minimum Gasteiger partial charge on any atom is -0.464 e. The van der Waals surface area contributed by atoms with Gasteiger partial charge in [-0.05, 0) is 38.6 Å². The molecule has 26 heavy (non-hydrogen) atoms. The van der Waals surface area contributed by atoms with Crippen LogP contribution in [0.5, 0.6) is 0 Å². The van der Waals surface area contributed by atoms with Crippen LogP contribution in [0.25, 0.3) is 0 Å². The first-order valence-electron chi connectivity index (χ1n) is 9.02. The van der Waals surface area contributed by atoms with E-state index in [9.17, 15) is 9.59 Å². The first-order valence-corrected chi connectivity index (χ1v) is 9.02. The molecule has 1 aromatic rings. The maximum absolute atomic E-state index is 12.5. The summed E-state index contributed by atoms with van der Waals surface area (Å²) in [7, 11) is 1.57. The van der Waals surface area contributed by atoms with Crippen molar-refractivity contribution in [2.45, 2.75) is 25.8 Å². The molecule has 1 aliphatic rings. The van der Waals surface area contributed by atoms with Crippen LogP contribution >= 0.6 is 0 Å². The van der Waals surface area contributed by atoms with E-state index < -0.39 is 17.5 Å². The molecule has 1 fully saturated rings. The summed E-state index contributed by atoms with van der Waals surface area (Å²) in [5.41, 5.74) is 0.392. The Kier molecular flexibility index (Phi) is 7.41. The summed E-state index contributed by atoms with van der Waals surface area (Å²) in [6, 6.07) is 7.85. The summed E-state index contributed by atoms with van der Waals surface area (Å²) in [6.45, 7) is 6.94. The molecule has 0 atom stereocenters. The Morgan fingerprint density at radius 1 is 1.08 bits per heavy atom. The molecule has 0 amide bonds. The van der Waals surface area contributed by atoms with Crippen LogP contribution in [0.1, 0.15) is 19.4 Å². The quantitative estimate of drug-likeness (QED) is 0.548. The van der Waals surface area contributed by atoms with E-state index in [2.05, 4.69) is 10.2 Å². The van der Waals surface area contributed by atoms with Crippen molar-refractivity contribution in [1.29, 1.82) is 0 Å². The Bertz CT molecular complexity index is 578.